The summed E-state index contributed by atoms with van der Waals surface area (Å²) in [6.45, 7) is 8.98. The second-order valence-electron chi connectivity index (χ2n) is 6.43. The first-order chi connectivity index (χ1) is 11.6. The van der Waals surface area contributed by atoms with Crippen molar-refractivity contribution in [3.63, 3.8) is 0 Å². The van der Waals surface area contributed by atoms with E-state index in [-0.39, 0.29) is 22.7 Å². The molecule has 25 heavy (non-hydrogen) atoms. The maximum atomic E-state index is 15.0. The van der Waals surface area contributed by atoms with Gasteiger partial charge >= 0.3 is 6.08 Å². The summed E-state index contributed by atoms with van der Waals surface area (Å²) in [5.74, 6) is -0.574. The fraction of sp³-hybridized carbons (Fsp3) is 0.500. The minimum Gasteiger partial charge on any atom is -0.405 e. The van der Waals surface area contributed by atoms with Crippen LogP contribution in [-0.2, 0) is 11.0 Å². The third-order valence-corrected chi connectivity index (χ3v) is 5.27. The van der Waals surface area contributed by atoms with E-state index in [1.54, 1.807) is 13.0 Å². The van der Waals surface area contributed by atoms with Gasteiger partial charge in [-0.1, -0.05) is 29.7 Å². The number of aromatic nitrogens is 2. The van der Waals surface area contributed by atoms with E-state index in [2.05, 4.69) is 14.9 Å². The molecule has 2 rings (SSSR count). The number of aryl methyl sites for hydroxylation is 1. The highest BCUT2D eigenvalue weighted by molar-refractivity contribution is 7.84. The normalized spacial score (nSPS) is 14.4. The molecule has 2 aromatic rings. The lowest BCUT2D eigenvalue weighted by molar-refractivity contribution is 0.309. The quantitative estimate of drug-likeness (QED) is 0.788. The summed E-state index contributed by atoms with van der Waals surface area (Å²) in [6, 6.07) is 2.59. The van der Waals surface area contributed by atoms with Crippen molar-refractivity contribution in [1.29, 1.82) is 0 Å². The topological polar surface area (TPSA) is 77.2 Å². The molecule has 0 spiro atoms. The van der Waals surface area contributed by atoms with Gasteiger partial charge < -0.3 is 9.15 Å². The largest absolute Gasteiger partial charge is 0.420 e. The molecule has 0 unspecified atom stereocenters. The smallest absolute Gasteiger partial charge is 0.405 e. The fourth-order valence-electron chi connectivity index (χ4n) is 1.99. The number of benzene rings is 1. The number of ether oxygens (including phenoxy) is 1. The highest BCUT2D eigenvalue weighted by atomic mass is 35.5. The van der Waals surface area contributed by atoms with Crippen LogP contribution in [0.1, 0.15) is 51.6 Å². The standard InChI is InChI=1S/C16H21ClFN3O3S/c1-6-12(21-25(22)16(3,4)5)10-7-8-11(17)14(13(10)18)24-15-20-19-9(2)23-15/h7-8,12,21H,6H2,1-5H3/t12-,25-/m1/s1. The van der Waals surface area contributed by atoms with Crippen molar-refractivity contribution in [3.8, 4) is 11.8 Å². The number of nitrogens with one attached hydrogen (secondary N) is 1. The average Bonchev–Trinajstić information content (AvgIpc) is 2.93. The molecule has 0 saturated heterocycles. The zero-order valence-corrected chi connectivity index (χ0v) is 16.3. The van der Waals surface area contributed by atoms with Crippen molar-refractivity contribution in [2.45, 2.75) is 51.8 Å². The van der Waals surface area contributed by atoms with Crippen molar-refractivity contribution < 1.29 is 17.8 Å². The van der Waals surface area contributed by atoms with E-state index in [1.807, 2.05) is 27.7 Å². The molecule has 0 bridgehead atoms. The van der Waals surface area contributed by atoms with Crippen LogP contribution in [0.2, 0.25) is 5.02 Å². The van der Waals surface area contributed by atoms with Crippen molar-refractivity contribution in [2.75, 3.05) is 0 Å². The van der Waals surface area contributed by atoms with Crippen LogP contribution in [0.3, 0.4) is 0 Å². The molecule has 0 aliphatic rings. The fourth-order valence-corrected chi connectivity index (χ4v) is 3.08. The molecule has 0 saturated carbocycles. The Balaban J connectivity index is 2.34. The molecule has 0 aliphatic carbocycles. The first-order valence-electron chi connectivity index (χ1n) is 7.77. The lowest BCUT2D eigenvalue weighted by Crippen LogP contribution is -2.35. The molecule has 9 heteroatoms. The summed E-state index contributed by atoms with van der Waals surface area (Å²) in [5.41, 5.74) is 0.302. The van der Waals surface area contributed by atoms with E-state index in [4.69, 9.17) is 20.8 Å². The van der Waals surface area contributed by atoms with E-state index in [9.17, 15) is 8.60 Å². The number of rotatable bonds is 6. The molecule has 1 aromatic heterocycles. The Morgan fingerprint density at radius 3 is 2.60 bits per heavy atom. The molecule has 2 atom stereocenters. The minimum atomic E-state index is -1.35. The van der Waals surface area contributed by atoms with Crippen LogP contribution in [0.25, 0.3) is 0 Å². The first kappa shape index (κ1) is 19.8. The van der Waals surface area contributed by atoms with Gasteiger partial charge in [-0.3, -0.25) is 0 Å². The average molecular weight is 390 g/mol. The molecular formula is C16H21ClFN3O3S. The van der Waals surface area contributed by atoms with Crippen molar-refractivity contribution in [2.24, 2.45) is 0 Å². The van der Waals surface area contributed by atoms with Crippen LogP contribution in [0.15, 0.2) is 16.5 Å². The Labute approximate surface area is 153 Å². The lowest BCUT2D eigenvalue weighted by Gasteiger charge is -2.24. The van der Waals surface area contributed by atoms with Gasteiger partial charge in [-0.2, -0.15) is 0 Å². The molecule has 1 N–H and O–H groups in total. The second kappa shape index (κ2) is 7.80. The Kier molecular flexibility index (Phi) is 6.18. The van der Waals surface area contributed by atoms with E-state index in [1.165, 1.54) is 6.07 Å². The van der Waals surface area contributed by atoms with Gasteiger partial charge in [0.05, 0.1) is 20.8 Å². The van der Waals surface area contributed by atoms with E-state index in [0.717, 1.165) is 0 Å². The minimum absolute atomic E-state index is 0.0731. The second-order valence-corrected chi connectivity index (χ2v) is 8.83. The van der Waals surface area contributed by atoms with Crippen molar-refractivity contribution in [3.05, 3.63) is 34.4 Å². The zero-order chi connectivity index (χ0) is 18.8. The first-order valence-corrected chi connectivity index (χ1v) is 9.30. The summed E-state index contributed by atoms with van der Waals surface area (Å²) in [6.07, 6.45) is 0.328. The van der Waals surface area contributed by atoms with Crippen LogP contribution < -0.4 is 9.46 Å². The number of hydrogen-bond donors (Lipinski definition) is 1. The molecule has 1 heterocycles. The van der Waals surface area contributed by atoms with Gasteiger partial charge in [0, 0.05) is 18.5 Å². The Hall–Kier alpha value is -1.51. The molecule has 0 radical (unpaired) electrons. The molecule has 1 aromatic carbocycles. The molecule has 6 nitrogen and oxygen atoms in total. The van der Waals surface area contributed by atoms with Crippen LogP contribution >= 0.6 is 11.6 Å². The van der Waals surface area contributed by atoms with Crippen molar-refractivity contribution >= 4 is 22.6 Å². The summed E-state index contributed by atoms with van der Waals surface area (Å²) in [4.78, 5) is 0. The lowest BCUT2D eigenvalue weighted by atomic mass is 10.0. The highest BCUT2D eigenvalue weighted by Gasteiger charge is 2.26. The van der Waals surface area contributed by atoms with Gasteiger partial charge in [-0.15, -0.1) is 5.10 Å². The molecular weight excluding hydrogens is 369 g/mol. The number of hydrogen-bond acceptors (Lipinski definition) is 5. The Morgan fingerprint density at radius 2 is 2.08 bits per heavy atom. The Bertz CT molecular complexity index is 776. The summed E-state index contributed by atoms with van der Waals surface area (Å²) < 4.78 is 40.2. The maximum absolute atomic E-state index is 15.0. The molecule has 0 aliphatic heterocycles. The van der Waals surface area contributed by atoms with Crippen molar-refractivity contribution in [1.82, 2.24) is 14.9 Å². The third kappa shape index (κ3) is 4.77. The summed E-state index contributed by atoms with van der Waals surface area (Å²) in [5, 5.41) is 7.37. The van der Waals surface area contributed by atoms with Crippen LogP contribution in [0, 0.1) is 12.7 Å². The molecule has 138 valence electrons. The van der Waals surface area contributed by atoms with Gasteiger partial charge in [0.2, 0.25) is 5.89 Å². The van der Waals surface area contributed by atoms with Gasteiger partial charge in [0.1, 0.15) is 0 Å². The van der Waals surface area contributed by atoms with Gasteiger partial charge in [-0.05, 0) is 33.3 Å². The van der Waals surface area contributed by atoms with Gasteiger partial charge in [-0.25, -0.2) is 13.3 Å². The number of halogens is 2. The number of nitrogens with zero attached hydrogens (tertiary/aromatic N) is 2. The predicted octanol–water partition coefficient (Wildman–Crippen LogP) is 4.47. The van der Waals surface area contributed by atoms with E-state index < -0.39 is 27.6 Å². The van der Waals surface area contributed by atoms with E-state index in [0.29, 0.717) is 12.0 Å². The van der Waals surface area contributed by atoms with E-state index >= 15 is 0 Å². The SMILES string of the molecule is CC[C@@H](N[S@](=O)C(C)(C)C)c1ccc(Cl)c(Oc2nnc(C)o2)c1F. The molecule has 0 fully saturated rings. The monoisotopic (exact) mass is 389 g/mol. The third-order valence-electron chi connectivity index (χ3n) is 3.36. The maximum Gasteiger partial charge on any atom is 0.420 e. The predicted molar refractivity (Wildman–Crippen MR) is 94.6 cm³/mol. The van der Waals surface area contributed by atoms with Crippen LogP contribution in [0.4, 0.5) is 4.39 Å². The van der Waals surface area contributed by atoms with Gasteiger partial charge in [0.25, 0.3) is 0 Å². The highest BCUT2D eigenvalue weighted by Crippen LogP contribution is 2.36. The zero-order valence-electron chi connectivity index (χ0n) is 14.7. The van der Waals surface area contributed by atoms with Crippen LogP contribution in [0.5, 0.6) is 11.8 Å². The van der Waals surface area contributed by atoms with Gasteiger partial charge in [0.15, 0.2) is 11.6 Å². The summed E-state index contributed by atoms with van der Waals surface area (Å²) in [7, 11) is -1.35. The van der Waals surface area contributed by atoms with Crippen LogP contribution in [-0.4, -0.2) is 19.2 Å². The summed E-state index contributed by atoms with van der Waals surface area (Å²) >= 11 is 6.05. The Morgan fingerprint density at radius 1 is 1.40 bits per heavy atom. The molecule has 0 amide bonds.